The molecule has 204 valence electrons. The minimum atomic E-state index is -1.07. The first-order chi connectivity index (χ1) is 19.7. The Bertz CT molecular complexity index is 1640. The maximum Gasteiger partial charge on any atom is 0.344 e. The lowest BCUT2D eigenvalue weighted by atomic mass is 10.1. The van der Waals surface area contributed by atoms with E-state index in [-0.39, 0.29) is 22.8 Å². The van der Waals surface area contributed by atoms with Crippen LogP contribution >= 0.6 is 0 Å². The lowest BCUT2D eigenvalue weighted by molar-refractivity contribution is -0.394. The van der Waals surface area contributed by atoms with E-state index in [0.717, 1.165) is 18.2 Å². The van der Waals surface area contributed by atoms with Gasteiger partial charge in [0.05, 0.1) is 27.7 Å². The van der Waals surface area contributed by atoms with Gasteiger partial charge in [0.1, 0.15) is 5.75 Å². The first kappa shape index (κ1) is 27.8. The first-order valence-electron chi connectivity index (χ1n) is 11.8. The predicted octanol–water partition coefficient (Wildman–Crippen LogP) is 4.74. The van der Waals surface area contributed by atoms with E-state index in [2.05, 4.69) is 15.8 Å². The van der Waals surface area contributed by atoms with Crippen LogP contribution in [0.15, 0.2) is 102 Å². The molecule has 0 bridgehead atoms. The van der Waals surface area contributed by atoms with Gasteiger partial charge in [-0.05, 0) is 48.5 Å². The highest BCUT2D eigenvalue weighted by atomic mass is 16.6. The van der Waals surface area contributed by atoms with Gasteiger partial charge in [-0.3, -0.25) is 29.8 Å². The number of ether oxygens (including phenoxy) is 1. The van der Waals surface area contributed by atoms with Crippen LogP contribution in [0, 0.1) is 20.2 Å². The predicted molar refractivity (Wildman–Crippen MR) is 147 cm³/mol. The number of anilines is 1. The van der Waals surface area contributed by atoms with Crippen molar-refractivity contribution in [3.63, 3.8) is 0 Å². The number of carbonyl (C=O) groups excluding carboxylic acids is 3. The Morgan fingerprint density at radius 1 is 0.707 bits per heavy atom. The quantitative estimate of drug-likeness (QED) is 0.0979. The Hall–Kier alpha value is -6.24. The zero-order chi connectivity index (χ0) is 29.4. The molecule has 0 aliphatic heterocycles. The van der Waals surface area contributed by atoms with E-state index in [1.165, 1.54) is 30.5 Å². The van der Waals surface area contributed by atoms with Gasteiger partial charge in [-0.2, -0.15) is 5.10 Å². The lowest BCUT2D eigenvalue weighted by Crippen LogP contribution is -2.18. The van der Waals surface area contributed by atoms with Crippen LogP contribution in [0.4, 0.5) is 17.1 Å². The van der Waals surface area contributed by atoms with Crippen molar-refractivity contribution in [2.24, 2.45) is 5.10 Å². The molecule has 0 atom stereocenters. The number of esters is 1. The lowest BCUT2D eigenvalue weighted by Gasteiger charge is -2.08. The molecule has 41 heavy (non-hydrogen) atoms. The number of nitrogens with one attached hydrogen (secondary N) is 2. The maximum absolute atomic E-state index is 12.7. The van der Waals surface area contributed by atoms with Gasteiger partial charge in [0.25, 0.3) is 23.2 Å². The van der Waals surface area contributed by atoms with Gasteiger partial charge >= 0.3 is 5.97 Å². The van der Waals surface area contributed by atoms with Gasteiger partial charge in [-0.25, -0.2) is 10.2 Å². The van der Waals surface area contributed by atoms with Crippen molar-refractivity contribution in [2.45, 2.75) is 0 Å². The minimum absolute atomic E-state index is 0.0110. The fourth-order valence-electron chi connectivity index (χ4n) is 3.49. The second-order valence-corrected chi connectivity index (χ2v) is 8.28. The molecule has 4 aromatic rings. The Labute approximate surface area is 231 Å². The average Bonchev–Trinajstić information content (AvgIpc) is 2.98. The van der Waals surface area contributed by atoms with Crippen LogP contribution in [0.3, 0.4) is 0 Å². The maximum atomic E-state index is 12.7. The largest absolute Gasteiger partial charge is 0.422 e. The number of nitrogens with zero attached hydrogens (tertiary/aromatic N) is 3. The van der Waals surface area contributed by atoms with Crippen LogP contribution in [-0.4, -0.2) is 33.8 Å². The molecule has 0 radical (unpaired) electrons. The highest BCUT2D eigenvalue weighted by molar-refractivity contribution is 6.04. The zero-order valence-electron chi connectivity index (χ0n) is 20.9. The molecule has 0 fully saturated rings. The van der Waals surface area contributed by atoms with Gasteiger partial charge in [0.2, 0.25) is 0 Å². The fraction of sp³-hybridized carbons (Fsp3) is 0. The van der Waals surface area contributed by atoms with Crippen molar-refractivity contribution in [3.8, 4) is 5.75 Å². The zero-order valence-corrected chi connectivity index (χ0v) is 20.9. The van der Waals surface area contributed by atoms with E-state index in [1.54, 1.807) is 54.6 Å². The number of hydrogen-bond acceptors (Lipinski definition) is 9. The summed E-state index contributed by atoms with van der Waals surface area (Å²) in [6.07, 6.45) is 1.21. The SMILES string of the molecule is O=C(NN=Cc1ccccc1OC(=O)c1cc([N+](=O)[O-])cc([N+](=O)[O-])c1)c1ccc(NC(=O)c2ccccc2)cc1. The van der Waals surface area contributed by atoms with Crippen molar-refractivity contribution < 1.29 is 29.0 Å². The van der Waals surface area contributed by atoms with E-state index >= 15 is 0 Å². The minimum Gasteiger partial charge on any atom is -0.422 e. The van der Waals surface area contributed by atoms with Crippen LogP contribution < -0.4 is 15.5 Å². The fourth-order valence-corrected chi connectivity index (χ4v) is 3.49. The van der Waals surface area contributed by atoms with Gasteiger partial charge in [0, 0.05) is 34.5 Å². The molecular weight excluding hydrogens is 534 g/mol. The van der Waals surface area contributed by atoms with E-state index in [1.807, 2.05) is 0 Å². The summed E-state index contributed by atoms with van der Waals surface area (Å²) in [6.45, 7) is 0. The summed E-state index contributed by atoms with van der Waals surface area (Å²) in [4.78, 5) is 57.9. The van der Waals surface area contributed by atoms with E-state index in [9.17, 15) is 34.6 Å². The summed E-state index contributed by atoms with van der Waals surface area (Å²) in [6, 6.07) is 23.3. The molecule has 13 nitrogen and oxygen atoms in total. The highest BCUT2D eigenvalue weighted by Crippen LogP contribution is 2.25. The molecular formula is C28H19N5O8. The summed E-state index contributed by atoms with van der Waals surface area (Å²) < 4.78 is 5.30. The monoisotopic (exact) mass is 553 g/mol. The summed E-state index contributed by atoms with van der Waals surface area (Å²) in [7, 11) is 0. The van der Waals surface area contributed by atoms with Crippen LogP contribution in [0.2, 0.25) is 0 Å². The number of amides is 2. The topological polar surface area (TPSA) is 183 Å². The third-order valence-corrected chi connectivity index (χ3v) is 5.49. The standard InChI is InChI=1S/C28H19N5O8/c34-26(18-6-2-1-3-7-18)30-22-12-10-19(11-13-22)27(35)31-29-17-20-8-4-5-9-25(20)41-28(36)21-14-23(32(37)38)16-24(15-21)33(39)40/h1-17H,(H,30,34)(H,31,35). The molecule has 0 saturated carbocycles. The summed E-state index contributed by atoms with van der Waals surface area (Å²) >= 11 is 0. The number of rotatable bonds is 9. The van der Waals surface area contributed by atoms with Gasteiger partial charge < -0.3 is 10.1 Å². The Balaban J connectivity index is 1.41. The number of nitro groups is 2. The molecule has 0 heterocycles. The van der Waals surface area contributed by atoms with Crippen molar-refractivity contribution in [3.05, 3.63) is 140 Å². The molecule has 2 N–H and O–H groups in total. The van der Waals surface area contributed by atoms with Crippen LogP contribution in [0.1, 0.15) is 36.6 Å². The van der Waals surface area contributed by atoms with Crippen molar-refractivity contribution in [2.75, 3.05) is 5.32 Å². The third kappa shape index (κ3) is 7.20. The molecule has 13 heteroatoms. The van der Waals surface area contributed by atoms with E-state index in [4.69, 9.17) is 4.74 Å². The second-order valence-electron chi connectivity index (χ2n) is 8.28. The molecule has 4 aromatic carbocycles. The molecule has 0 spiro atoms. The van der Waals surface area contributed by atoms with Crippen molar-refractivity contribution >= 4 is 41.1 Å². The third-order valence-electron chi connectivity index (χ3n) is 5.49. The summed E-state index contributed by atoms with van der Waals surface area (Å²) in [5, 5.41) is 28.8. The van der Waals surface area contributed by atoms with Crippen LogP contribution in [0.25, 0.3) is 0 Å². The second kappa shape index (κ2) is 12.5. The van der Waals surface area contributed by atoms with E-state index in [0.29, 0.717) is 11.3 Å². The van der Waals surface area contributed by atoms with Crippen LogP contribution in [0.5, 0.6) is 5.75 Å². The molecule has 0 aliphatic rings. The summed E-state index contributed by atoms with van der Waals surface area (Å²) in [5.41, 5.74) is 2.15. The number of benzene rings is 4. The highest BCUT2D eigenvalue weighted by Gasteiger charge is 2.21. The molecule has 2 amide bonds. The molecule has 0 unspecified atom stereocenters. The van der Waals surface area contributed by atoms with Crippen molar-refractivity contribution in [1.29, 1.82) is 0 Å². The molecule has 4 rings (SSSR count). The number of nitro benzene ring substituents is 2. The smallest absolute Gasteiger partial charge is 0.344 e. The van der Waals surface area contributed by atoms with Crippen LogP contribution in [-0.2, 0) is 0 Å². The van der Waals surface area contributed by atoms with Gasteiger partial charge in [-0.15, -0.1) is 0 Å². The number of carbonyl (C=O) groups is 3. The number of hydrogen-bond donors (Lipinski definition) is 2. The average molecular weight is 553 g/mol. The Morgan fingerprint density at radius 2 is 1.29 bits per heavy atom. The Morgan fingerprint density at radius 3 is 1.93 bits per heavy atom. The molecule has 0 aliphatic carbocycles. The number of non-ortho nitro benzene ring substituents is 2. The number of para-hydroxylation sites is 1. The normalized spacial score (nSPS) is 10.5. The van der Waals surface area contributed by atoms with Crippen molar-refractivity contribution in [1.82, 2.24) is 5.43 Å². The van der Waals surface area contributed by atoms with Gasteiger partial charge in [-0.1, -0.05) is 30.3 Å². The Kier molecular flexibility index (Phi) is 8.50. The number of hydrazone groups is 1. The van der Waals surface area contributed by atoms with E-state index < -0.39 is 38.7 Å². The summed E-state index contributed by atoms with van der Waals surface area (Å²) in [5.74, 6) is -1.93. The molecule has 0 saturated heterocycles. The van der Waals surface area contributed by atoms with Gasteiger partial charge in [0.15, 0.2) is 0 Å². The first-order valence-corrected chi connectivity index (χ1v) is 11.8. The molecule has 0 aromatic heterocycles.